The normalized spacial score (nSPS) is 14.2. The van der Waals surface area contributed by atoms with Crippen molar-refractivity contribution in [1.82, 2.24) is 10.2 Å². The number of phenolic OH excluding ortho intramolecular Hbond substituents is 2. The standard InChI is InChI=1S/C20H20N2O5/c1-11-9-16(23)17(24)10-13(11)7-8-21-18(25)12(2)22-19(26)14-5-3-4-6-15(14)20(22)27/h3-6,9-10,12,23-24H,7-8H2,1-2H3,(H,21,25). The summed E-state index contributed by atoms with van der Waals surface area (Å²) in [5.74, 6) is -1.80. The first-order chi connectivity index (χ1) is 12.8. The lowest BCUT2D eigenvalue weighted by atomic mass is 10.0. The van der Waals surface area contributed by atoms with E-state index in [1.54, 1.807) is 31.2 Å². The van der Waals surface area contributed by atoms with Gasteiger partial charge in [-0.15, -0.1) is 0 Å². The molecule has 2 aromatic carbocycles. The number of hydrogen-bond donors (Lipinski definition) is 3. The molecule has 0 bridgehead atoms. The van der Waals surface area contributed by atoms with Crippen LogP contribution in [0.2, 0.25) is 0 Å². The van der Waals surface area contributed by atoms with Crippen LogP contribution >= 0.6 is 0 Å². The summed E-state index contributed by atoms with van der Waals surface area (Å²) in [7, 11) is 0. The lowest BCUT2D eigenvalue weighted by molar-refractivity contribution is -0.124. The zero-order chi connectivity index (χ0) is 19.7. The lowest BCUT2D eigenvalue weighted by Crippen LogP contribution is -2.48. The van der Waals surface area contributed by atoms with E-state index < -0.39 is 23.8 Å². The molecule has 0 aliphatic carbocycles. The van der Waals surface area contributed by atoms with Crippen molar-refractivity contribution in [1.29, 1.82) is 0 Å². The summed E-state index contributed by atoms with van der Waals surface area (Å²) in [5.41, 5.74) is 2.17. The van der Waals surface area contributed by atoms with Gasteiger partial charge in [0.05, 0.1) is 11.1 Å². The number of aromatic hydroxyl groups is 2. The molecular formula is C20H20N2O5. The van der Waals surface area contributed by atoms with E-state index in [0.29, 0.717) is 17.5 Å². The van der Waals surface area contributed by atoms with E-state index in [4.69, 9.17) is 0 Å². The van der Waals surface area contributed by atoms with Crippen molar-refractivity contribution in [3.8, 4) is 11.5 Å². The van der Waals surface area contributed by atoms with Crippen LogP contribution in [0.1, 0.15) is 38.8 Å². The number of nitrogens with zero attached hydrogens (tertiary/aromatic N) is 1. The molecule has 3 amide bonds. The maximum Gasteiger partial charge on any atom is 0.262 e. The number of carbonyl (C=O) groups is 3. The average molecular weight is 368 g/mol. The Kier molecular flexibility index (Phi) is 4.85. The van der Waals surface area contributed by atoms with Gasteiger partial charge >= 0.3 is 0 Å². The number of benzene rings is 2. The molecule has 27 heavy (non-hydrogen) atoms. The summed E-state index contributed by atoms with van der Waals surface area (Å²) in [5, 5.41) is 21.8. The number of carbonyl (C=O) groups excluding carboxylic acids is 3. The average Bonchev–Trinajstić information content (AvgIpc) is 2.90. The van der Waals surface area contributed by atoms with E-state index in [1.165, 1.54) is 19.1 Å². The van der Waals surface area contributed by atoms with E-state index in [9.17, 15) is 24.6 Å². The number of aryl methyl sites for hydroxylation is 1. The van der Waals surface area contributed by atoms with E-state index in [-0.39, 0.29) is 18.0 Å². The van der Waals surface area contributed by atoms with Crippen LogP contribution in [0.4, 0.5) is 0 Å². The summed E-state index contributed by atoms with van der Waals surface area (Å²) < 4.78 is 0. The summed E-state index contributed by atoms with van der Waals surface area (Å²) in [6.45, 7) is 3.56. The molecule has 0 radical (unpaired) electrons. The molecule has 7 heteroatoms. The van der Waals surface area contributed by atoms with Crippen LogP contribution in [0.25, 0.3) is 0 Å². The zero-order valence-electron chi connectivity index (χ0n) is 15.0. The summed E-state index contributed by atoms with van der Waals surface area (Å²) in [6, 6.07) is 8.45. The minimum atomic E-state index is -0.938. The minimum absolute atomic E-state index is 0.195. The van der Waals surface area contributed by atoms with Gasteiger partial charge in [0.2, 0.25) is 5.91 Å². The first-order valence-corrected chi connectivity index (χ1v) is 8.57. The molecule has 7 nitrogen and oxygen atoms in total. The fraction of sp³-hybridized carbons (Fsp3) is 0.250. The van der Waals surface area contributed by atoms with E-state index in [0.717, 1.165) is 16.0 Å². The van der Waals surface area contributed by atoms with Gasteiger partial charge in [0, 0.05) is 6.54 Å². The van der Waals surface area contributed by atoms with Crippen LogP contribution in [-0.2, 0) is 11.2 Å². The third-order valence-corrected chi connectivity index (χ3v) is 4.72. The molecule has 0 saturated carbocycles. The Morgan fingerprint density at radius 1 is 1.07 bits per heavy atom. The monoisotopic (exact) mass is 368 g/mol. The first kappa shape index (κ1) is 18.4. The van der Waals surface area contributed by atoms with Crippen molar-refractivity contribution in [2.45, 2.75) is 26.3 Å². The maximum atomic E-state index is 12.4. The summed E-state index contributed by atoms with van der Waals surface area (Å²) >= 11 is 0. The van der Waals surface area contributed by atoms with Crippen molar-refractivity contribution >= 4 is 17.7 Å². The third kappa shape index (κ3) is 3.36. The largest absolute Gasteiger partial charge is 0.504 e. The van der Waals surface area contributed by atoms with Gasteiger partial charge in [-0.2, -0.15) is 0 Å². The molecule has 1 unspecified atom stereocenters. The highest BCUT2D eigenvalue weighted by Crippen LogP contribution is 2.28. The molecule has 1 aliphatic heterocycles. The maximum absolute atomic E-state index is 12.4. The minimum Gasteiger partial charge on any atom is -0.504 e. The van der Waals surface area contributed by atoms with Gasteiger partial charge in [0.25, 0.3) is 11.8 Å². The van der Waals surface area contributed by atoms with Crippen LogP contribution in [0.3, 0.4) is 0 Å². The van der Waals surface area contributed by atoms with Crippen LogP contribution in [0, 0.1) is 6.92 Å². The molecular weight excluding hydrogens is 348 g/mol. The highest BCUT2D eigenvalue weighted by Gasteiger charge is 2.40. The highest BCUT2D eigenvalue weighted by molar-refractivity contribution is 6.22. The predicted molar refractivity (Wildman–Crippen MR) is 97.6 cm³/mol. The van der Waals surface area contributed by atoms with Crippen molar-refractivity contribution in [2.75, 3.05) is 6.54 Å². The van der Waals surface area contributed by atoms with Gasteiger partial charge in [-0.05, 0) is 55.7 Å². The zero-order valence-corrected chi connectivity index (χ0v) is 15.0. The van der Waals surface area contributed by atoms with Gasteiger partial charge in [-0.1, -0.05) is 12.1 Å². The molecule has 140 valence electrons. The Labute approximate surface area is 156 Å². The second-order valence-electron chi connectivity index (χ2n) is 6.51. The summed E-state index contributed by atoms with van der Waals surface area (Å²) in [6.07, 6.45) is 0.431. The number of imide groups is 1. The molecule has 0 spiro atoms. The third-order valence-electron chi connectivity index (χ3n) is 4.72. The van der Waals surface area contributed by atoms with Gasteiger partial charge in [-0.25, -0.2) is 0 Å². The van der Waals surface area contributed by atoms with Crippen molar-refractivity contribution in [3.63, 3.8) is 0 Å². The van der Waals surface area contributed by atoms with Gasteiger partial charge in [0.15, 0.2) is 11.5 Å². The number of rotatable bonds is 5. The summed E-state index contributed by atoms with van der Waals surface area (Å²) in [4.78, 5) is 38.3. The smallest absolute Gasteiger partial charge is 0.262 e. The number of hydrogen-bond acceptors (Lipinski definition) is 5. The fourth-order valence-electron chi connectivity index (χ4n) is 3.14. The van der Waals surface area contributed by atoms with Crippen LogP contribution in [0.5, 0.6) is 11.5 Å². The van der Waals surface area contributed by atoms with Gasteiger partial charge < -0.3 is 15.5 Å². The topological polar surface area (TPSA) is 107 Å². The highest BCUT2D eigenvalue weighted by atomic mass is 16.3. The quantitative estimate of drug-likeness (QED) is 0.551. The molecule has 1 aliphatic rings. The Hall–Kier alpha value is -3.35. The first-order valence-electron chi connectivity index (χ1n) is 8.57. The lowest BCUT2D eigenvalue weighted by Gasteiger charge is -2.21. The molecule has 2 aromatic rings. The van der Waals surface area contributed by atoms with Crippen molar-refractivity contribution < 1.29 is 24.6 Å². The Bertz CT molecular complexity index is 903. The molecule has 3 rings (SSSR count). The molecule has 0 fully saturated rings. The van der Waals surface area contributed by atoms with Crippen molar-refractivity contribution in [3.05, 3.63) is 58.7 Å². The number of fused-ring (bicyclic) bond motifs is 1. The van der Waals surface area contributed by atoms with Crippen LogP contribution in [0.15, 0.2) is 36.4 Å². The van der Waals surface area contributed by atoms with Crippen LogP contribution < -0.4 is 5.32 Å². The number of phenols is 2. The Balaban J connectivity index is 1.63. The van der Waals surface area contributed by atoms with E-state index in [1.807, 2.05) is 0 Å². The number of amides is 3. The van der Waals surface area contributed by atoms with Crippen molar-refractivity contribution in [2.24, 2.45) is 0 Å². The van der Waals surface area contributed by atoms with Gasteiger partial charge in [-0.3, -0.25) is 19.3 Å². The molecule has 0 saturated heterocycles. The van der Waals surface area contributed by atoms with E-state index >= 15 is 0 Å². The van der Waals surface area contributed by atoms with E-state index in [2.05, 4.69) is 5.32 Å². The molecule has 0 aromatic heterocycles. The SMILES string of the molecule is Cc1cc(O)c(O)cc1CCNC(=O)C(C)N1C(=O)c2ccccc2C1=O. The fourth-order valence-corrected chi connectivity index (χ4v) is 3.14. The Morgan fingerprint density at radius 3 is 2.22 bits per heavy atom. The molecule has 1 heterocycles. The second-order valence-corrected chi connectivity index (χ2v) is 6.51. The van der Waals surface area contributed by atoms with Gasteiger partial charge in [0.1, 0.15) is 6.04 Å². The second kappa shape index (κ2) is 7.11. The Morgan fingerprint density at radius 2 is 1.63 bits per heavy atom. The van der Waals surface area contributed by atoms with Crippen LogP contribution in [-0.4, -0.2) is 45.4 Å². The molecule has 1 atom stereocenters. The number of nitrogens with one attached hydrogen (secondary N) is 1. The predicted octanol–water partition coefficient (Wildman–Crippen LogP) is 1.75. The molecule has 3 N–H and O–H groups in total.